The Morgan fingerprint density at radius 3 is 2.53 bits per heavy atom. The van der Waals surface area contributed by atoms with Gasteiger partial charge in [0.15, 0.2) is 11.5 Å². The summed E-state index contributed by atoms with van der Waals surface area (Å²) in [6, 6.07) is 12.9. The van der Waals surface area contributed by atoms with Crippen molar-refractivity contribution in [2.24, 2.45) is 0 Å². The predicted octanol–water partition coefficient (Wildman–Crippen LogP) is 5.39. The molecule has 9 heteroatoms. The topological polar surface area (TPSA) is 82.5 Å². The maximum absolute atomic E-state index is 13.6. The molecule has 0 saturated heterocycles. The van der Waals surface area contributed by atoms with Crippen molar-refractivity contribution in [1.29, 1.82) is 0 Å². The average Bonchev–Trinajstić information content (AvgIpc) is 3.28. The number of methoxy groups -OCH3 is 2. The number of thiophene rings is 1. The number of hydrogen-bond donors (Lipinski definition) is 1. The number of amides is 1. The molecule has 0 aliphatic rings. The van der Waals surface area contributed by atoms with Crippen LogP contribution >= 0.6 is 27.3 Å². The molecule has 4 rings (SSSR count). The second-order valence-corrected chi connectivity index (χ2v) is 10.3. The highest BCUT2D eigenvalue weighted by Gasteiger charge is 2.22. The molecule has 0 fully saturated rings. The van der Waals surface area contributed by atoms with Crippen LogP contribution in [-0.4, -0.2) is 36.2 Å². The zero-order valence-corrected chi connectivity index (χ0v) is 23.0. The van der Waals surface area contributed by atoms with Gasteiger partial charge in [0.25, 0.3) is 5.56 Å². The summed E-state index contributed by atoms with van der Waals surface area (Å²) in [5, 5.41) is 3.50. The van der Waals surface area contributed by atoms with Gasteiger partial charge in [0.05, 0.1) is 25.9 Å². The summed E-state index contributed by atoms with van der Waals surface area (Å²) in [6.45, 7) is 4.21. The van der Waals surface area contributed by atoms with Crippen molar-refractivity contribution >= 4 is 43.4 Å². The lowest BCUT2D eigenvalue weighted by atomic mass is 10.0. The minimum Gasteiger partial charge on any atom is -0.493 e. The molecular weight excluding hydrogens is 542 g/mol. The maximum atomic E-state index is 13.6. The zero-order valence-electron chi connectivity index (χ0n) is 20.6. The Balaban J connectivity index is 1.56. The first kappa shape index (κ1) is 25.9. The van der Waals surface area contributed by atoms with Gasteiger partial charge in [-0.2, -0.15) is 0 Å². The van der Waals surface area contributed by atoms with E-state index in [2.05, 4.69) is 33.2 Å². The number of nitrogens with zero attached hydrogens (tertiary/aromatic N) is 2. The number of rotatable bonds is 9. The monoisotopic (exact) mass is 569 g/mol. The number of carbonyl (C=O) groups excluding carboxylic acids is 1. The van der Waals surface area contributed by atoms with E-state index in [4.69, 9.17) is 9.47 Å². The van der Waals surface area contributed by atoms with Gasteiger partial charge in [-0.3, -0.25) is 14.2 Å². The Morgan fingerprint density at radius 1 is 1.14 bits per heavy atom. The number of hydrogen-bond acceptors (Lipinski definition) is 6. The lowest BCUT2D eigenvalue weighted by molar-refractivity contribution is -0.123. The highest BCUT2D eigenvalue weighted by Crippen LogP contribution is 2.37. The van der Waals surface area contributed by atoms with Crippen LogP contribution in [0.4, 0.5) is 0 Å². The minimum absolute atomic E-state index is 0.212. The molecule has 0 aliphatic heterocycles. The summed E-state index contributed by atoms with van der Waals surface area (Å²) in [4.78, 5) is 32.9. The van der Waals surface area contributed by atoms with Gasteiger partial charge in [0, 0.05) is 21.5 Å². The number of fused-ring (bicyclic) bond motifs is 1. The maximum Gasteiger partial charge on any atom is 0.263 e. The third-order valence-electron chi connectivity index (χ3n) is 6.12. The van der Waals surface area contributed by atoms with Crippen LogP contribution in [-0.2, 0) is 17.6 Å². The molecule has 0 bridgehead atoms. The molecule has 1 unspecified atom stereocenters. The summed E-state index contributed by atoms with van der Waals surface area (Å²) < 4.78 is 13.0. The lowest BCUT2D eigenvalue weighted by Crippen LogP contribution is -2.36. The average molecular weight is 571 g/mol. The van der Waals surface area contributed by atoms with E-state index in [1.54, 1.807) is 21.1 Å². The number of benzene rings is 2. The molecule has 1 atom stereocenters. The van der Waals surface area contributed by atoms with Gasteiger partial charge in [0.1, 0.15) is 10.9 Å². The van der Waals surface area contributed by atoms with Crippen LogP contribution in [0.5, 0.6) is 11.5 Å². The first-order valence-corrected chi connectivity index (χ1v) is 13.3. The number of nitrogens with one attached hydrogen (secondary N) is 1. The Kier molecular flexibility index (Phi) is 8.11. The fraction of sp³-hybridized carbons (Fsp3) is 0.296. The third kappa shape index (κ3) is 5.17. The highest BCUT2D eigenvalue weighted by atomic mass is 79.9. The van der Waals surface area contributed by atoms with Crippen LogP contribution in [0.15, 0.2) is 58.1 Å². The van der Waals surface area contributed by atoms with Crippen molar-refractivity contribution in [3.8, 4) is 22.6 Å². The first-order chi connectivity index (χ1) is 17.4. The molecule has 36 heavy (non-hydrogen) atoms. The Morgan fingerprint density at radius 2 is 1.86 bits per heavy atom. The molecule has 7 nitrogen and oxygen atoms in total. The molecule has 4 aromatic rings. The van der Waals surface area contributed by atoms with Crippen LogP contribution in [0.3, 0.4) is 0 Å². The van der Waals surface area contributed by atoms with Gasteiger partial charge >= 0.3 is 0 Å². The van der Waals surface area contributed by atoms with Gasteiger partial charge in [-0.25, -0.2) is 4.98 Å². The Labute approximate surface area is 222 Å². The van der Waals surface area contributed by atoms with Gasteiger partial charge in [0.2, 0.25) is 5.91 Å². The summed E-state index contributed by atoms with van der Waals surface area (Å²) in [7, 11) is 3.18. The third-order valence-corrected chi connectivity index (χ3v) is 7.89. The van der Waals surface area contributed by atoms with Crippen LogP contribution in [0, 0.1) is 0 Å². The van der Waals surface area contributed by atoms with Crippen molar-refractivity contribution in [2.45, 2.75) is 32.7 Å². The second kappa shape index (κ2) is 11.3. The van der Waals surface area contributed by atoms with E-state index in [1.165, 1.54) is 22.2 Å². The van der Waals surface area contributed by atoms with E-state index in [0.29, 0.717) is 34.7 Å². The van der Waals surface area contributed by atoms with Crippen LogP contribution < -0.4 is 20.3 Å². The second-order valence-electron chi connectivity index (χ2n) is 8.30. The zero-order chi connectivity index (χ0) is 25.8. The molecule has 0 aliphatic carbocycles. The van der Waals surface area contributed by atoms with Gasteiger partial charge < -0.3 is 14.8 Å². The number of aryl methyl sites for hydroxylation is 1. The Bertz CT molecular complexity index is 1450. The highest BCUT2D eigenvalue weighted by molar-refractivity contribution is 9.10. The minimum atomic E-state index is -0.706. The molecule has 2 heterocycles. The number of halogens is 1. The normalized spacial score (nSPS) is 11.9. The van der Waals surface area contributed by atoms with E-state index < -0.39 is 6.04 Å². The summed E-state index contributed by atoms with van der Waals surface area (Å²) in [5.74, 6) is 1.06. The van der Waals surface area contributed by atoms with Crippen molar-refractivity contribution in [2.75, 3.05) is 20.8 Å². The molecule has 188 valence electrons. The molecule has 2 aromatic heterocycles. The molecule has 1 amide bonds. The summed E-state index contributed by atoms with van der Waals surface area (Å²) in [6.07, 6.45) is 2.88. The van der Waals surface area contributed by atoms with Crippen molar-refractivity contribution in [3.63, 3.8) is 0 Å². The van der Waals surface area contributed by atoms with Crippen molar-refractivity contribution in [3.05, 3.63) is 74.1 Å². The van der Waals surface area contributed by atoms with Crippen LogP contribution in [0.25, 0.3) is 21.3 Å². The Hall–Kier alpha value is -3.17. The van der Waals surface area contributed by atoms with E-state index in [0.717, 1.165) is 32.5 Å². The summed E-state index contributed by atoms with van der Waals surface area (Å²) >= 11 is 5.00. The largest absolute Gasteiger partial charge is 0.493 e. The number of ether oxygens (including phenoxy) is 2. The first-order valence-electron chi connectivity index (χ1n) is 11.6. The fourth-order valence-corrected chi connectivity index (χ4v) is 5.49. The van der Waals surface area contributed by atoms with Gasteiger partial charge in [-0.15, -0.1) is 11.3 Å². The van der Waals surface area contributed by atoms with E-state index in [1.807, 2.05) is 42.5 Å². The number of carbonyl (C=O) groups is 1. The lowest BCUT2D eigenvalue weighted by Gasteiger charge is -2.15. The summed E-state index contributed by atoms with van der Waals surface area (Å²) in [5.41, 5.74) is 2.66. The molecule has 0 spiro atoms. The van der Waals surface area contributed by atoms with Gasteiger partial charge in [-0.05, 0) is 55.2 Å². The predicted molar refractivity (Wildman–Crippen MR) is 147 cm³/mol. The SMILES string of the molecule is CCc1sc2ncn(C(C)C(=O)NCCc3ccc(OC)c(OC)c3)c(=O)c2c1-c1ccc(Br)cc1. The van der Waals surface area contributed by atoms with Gasteiger partial charge in [-0.1, -0.05) is 41.1 Å². The van der Waals surface area contributed by atoms with Crippen molar-refractivity contribution in [1.82, 2.24) is 14.9 Å². The smallest absolute Gasteiger partial charge is 0.263 e. The van der Waals surface area contributed by atoms with E-state index in [9.17, 15) is 9.59 Å². The van der Waals surface area contributed by atoms with Crippen molar-refractivity contribution < 1.29 is 14.3 Å². The fourth-order valence-electron chi connectivity index (χ4n) is 4.14. The quantitative estimate of drug-likeness (QED) is 0.292. The standard InChI is InChI=1S/C27H28BrN3O4S/c1-5-22-23(18-7-9-19(28)10-8-18)24-26(36-22)30-15-31(27(24)33)16(2)25(32)29-13-12-17-6-11-20(34-3)21(14-17)35-4/h6-11,14-16H,5,12-13H2,1-4H3,(H,29,32). The molecular formula is C27H28BrN3O4S. The molecule has 1 N–H and O–H groups in total. The van der Waals surface area contributed by atoms with Crippen LogP contribution in [0.1, 0.15) is 30.3 Å². The number of aromatic nitrogens is 2. The molecule has 0 radical (unpaired) electrons. The molecule has 2 aromatic carbocycles. The van der Waals surface area contributed by atoms with E-state index >= 15 is 0 Å². The van der Waals surface area contributed by atoms with E-state index in [-0.39, 0.29) is 11.5 Å². The molecule has 0 saturated carbocycles. The van der Waals surface area contributed by atoms with Crippen LogP contribution in [0.2, 0.25) is 0 Å².